The molecule has 0 aromatic carbocycles. The summed E-state index contributed by atoms with van der Waals surface area (Å²) >= 11 is 0. The van der Waals surface area contributed by atoms with Crippen LogP contribution in [0.4, 0.5) is 0 Å². The van der Waals surface area contributed by atoms with Crippen LogP contribution >= 0.6 is 0 Å². The van der Waals surface area contributed by atoms with Gasteiger partial charge in [0.05, 0.1) is 12.5 Å². The Morgan fingerprint density at radius 1 is 1.50 bits per heavy atom. The van der Waals surface area contributed by atoms with Gasteiger partial charge >= 0.3 is 0 Å². The Morgan fingerprint density at radius 3 is 2.75 bits per heavy atom. The molecule has 0 heterocycles. The highest BCUT2D eigenvalue weighted by Crippen LogP contribution is 1.79. The van der Waals surface area contributed by atoms with Gasteiger partial charge in [0.2, 0.25) is 0 Å². The Hall–Kier alpha value is -1.03. The third kappa shape index (κ3) is 4.97. The van der Waals surface area contributed by atoms with Crippen molar-refractivity contribution >= 4 is 0 Å². The highest BCUT2D eigenvalue weighted by atomic mass is 14.2. The molecule has 0 aliphatic carbocycles. The largest absolute Gasteiger partial charge is 0.198 e. The first-order chi connectivity index (χ1) is 3.91. The number of hydrogen-bond acceptors (Lipinski definition) is 1. The van der Waals surface area contributed by atoms with Gasteiger partial charge in [-0.05, 0) is 6.92 Å². The van der Waals surface area contributed by atoms with E-state index < -0.39 is 0 Å². The SMILES string of the molecule is CC=CC=CCC#N. The summed E-state index contributed by atoms with van der Waals surface area (Å²) in [4.78, 5) is 0. The predicted octanol–water partition coefficient (Wildman–Crippen LogP) is 2.03. The summed E-state index contributed by atoms with van der Waals surface area (Å²) in [5.41, 5.74) is 0. The molecular formula is C7H9N. The molecule has 0 saturated heterocycles. The number of allylic oxidation sites excluding steroid dienone is 4. The Bertz CT molecular complexity index is 126. The standard InChI is InChI=1S/C7H9N/c1-2-3-4-5-6-7-8/h2-5H,6H2,1H3. The zero-order valence-electron chi connectivity index (χ0n) is 4.96. The van der Waals surface area contributed by atoms with E-state index in [0.717, 1.165) is 0 Å². The van der Waals surface area contributed by atoms with Crippen molar-refractivity contribution in [1.29, 1.82) is 5.26 Å². The van der Waals surface area contributed by atoms with Gasteiger partial charge in [-0.1, -0.05) is 24.3 Å². The van der Waals surface area contributed by atoms with Crippen LogP contribution in [-0.4, -0.2) is 0 Å². The molecule has 0 unspecified atom stereocenters. The van der Waals surface area contributed by atoms with E-state index in [1.807, 2.05) is 37.3 Å². The molecule has 1 heteroatoms. The van der Waals surface area contributed by atoms with Gasteiger partial charge in [-0.15, -0.1) is 0 Å². The summed E-state index contributed by atoms with van der Waals surface area (Å²) in [6.45, 7) is 1.94. The van der Waals surface area contributed by atoms with Crippen molar-refractivity contribution in [2.45, 2.75) is 13.3 Å². The van der Waals surface area contributed by atoms with Gasteiger partial charge in [-0.25, -0.2) is 0 Å². The summed E-state index contributed by atoms with van der Waals surface area (Å²) in [6, 6.07) is 2.01. The van der Waals surface area contributed by atoms with Crippen LogP contribution in [0.15, 0.2) is 24.3 Å². The molecule has 0 rings (SSSR count). The molecule has 0 aromatic heterocycles. The molecule has 0 amide bonds. The molecule has 0 aromatic rings. The fraction of sp³-hybridized carbons (Fsp3) is 0.286. The minimum atomic E-state index is 0.504. The molecule has 0 N–H and O–H groups in total. The second-order valence-electron chi connectivity index (χ2n) is 1.32. The molecule has 0 bridgehead atoms. The predicted molar refractivity (Wildman–Crippen MR) is 34.2 cm³/mol. The molecule has 1 nitrogen and oxygen atoms in total. The minimum absolute atomic E-state index is 0.504. The van der Waals surface area contributed by atoms with Crippen LogP contribution in [0.25, 0.3) is 0 Å². The fourth-order valence-corrected chi connectivity index (χ4v) is 0.310. The monoisotopic (exact) mass is 107 g/mol. The van der Waals surface area contributed by atoms with Gasteiger partial charge in [-0.3, -0.25) is 0 Å². The number of nitrogens with zero attached hydrogens (tertiary/aromatic N) is 1. The molecule has 0 saturated carbocycles. The van der Waals surface area contributed by atoms with Crippen molar-refractivity contribution in [2.24, 2.45) is 0 Å². The van der Waals surface area contributed by atoms with Crippen LogP contribution in [0, 0.1) is 11.3 Å². The van der Waals surface area contributed by atoms with Crippen LogP contribution < -0.4 is 0 Å². The average Bonchev–Trinajstić information content (AvgIpc) is 1.81. The number of nitriles is 1. The zero-order chi connectivity index (χ0) is 6.24. The van der Waals surface area contributed by atoms with E-state index in [4.69, 9.17) is 5.26 Å². The van der Waals surface area contributed by atoms with Crippen LogP contribution in [0.3, 0.4) is 0 Å². The first-order valence-corrected chi connectivity index (χ1v) is 2.56. The normalized spacial score (nSPS) is 10.5. The van der Waals surface area contributed by atoms with E-state index in [2.05, 4.69) is 0 Å². The van der Waals surface area contributed by atoms with Gasteiger partial charge in [0.1, 0.15) is 0 Å². The lowest BCUT2D eigenvalue weighted by Gasteiger charge is -1.68. The van der Waals surface area contributed by atoms with Crippen LogP contribution in [0.5, 0.6) is 0 Å². The van der Waals surface area contributed by atoms with Gasteiger partial charge in [0.25, 0.3) is 0 Å². The molecule has 0 aliphatic rings. The van der Waals surface area contributed by atoms with E-state index >= 15 is 0 Å². The van der Waals surface area contributed by atoms with Crippen LogP contribution in [-0.2, 0) is 0 Å². The molecule has 0 spiro atoms. The first-order valence-electron chi connectivity index (χ1n) is 2.56. The van der Waals surface area contributed by atoms with Crippen molar-refractivity contribution in [3.63, 3.8) is 0 Å². The Morgan fingerprint density at radius 2 is 2.25 bits per heavy atom. The van der Waals surface area contributed by atoms with E-state index in [1.165, 1.54) is 0 Å². The fourth-order valence-electron chi connectivity index (χ4n) is 0.310. The lowest BCUT2D eigenvalue weighted by atomic mass is 10.4. The van der Waals surface area contributed by atoms with Gasteiger partial charge in [-0.2, -0.15) is 5.26 Å². The van der Waals surface area contributed by atoms with E-state index in [-0.39, 0.29) is 0 Å². The van der Waals surface area contributed by atoms with Crippen molar-refractivity contribution in [1.82, 2.24) is 0 Å². The lowest BCUT2D eigenvalue weighted by Crippen LogP contribution is -1.53. The van der Waals surface area contributed by atoms with Crippen LogP contribution in [0.1, 0.15) is 13.3 Å². The zero-order valence-corrected chi connectivity index (χ0v) is 4.96. The highest BCUT2D eigenvalue weighted by molar-refractivity contribution is 5.03. The molecule has 8 heavy (non-hydrogen) atoms. The maximum atomic E-state index is 8.04. The average molecular weight is 107 g/mol. The summed E-state index contributed by atoms with van der Waals surface area (Å²) in [5, 5.41) is 8.04. The summed E-state index contributed by atoms with van der Waals surface area (Å²) in [6.07, 6.45) is 8.01. The Balaban J connectivity index is 3.24. The highest BCUT2D eigenvalue weighted by Gasteiger charge is 1.64. The van der Waals surface area contributed by atoms with Gasteiger partial charge in [0.15, 0.2) is 0 Å². The second-order valence-corrected chi connectivity index (χ2v) is 1.32. The summed E-state index contributed by atoms with van der Waals surface area (Å²) < 4.78 is 0. The topological polar surface area (TPSA) is 23.8 Å². The third-order valence-corrected chi connectivity index (χ3v) is 0.649. The number of rotatable bonds is 2. The van der Waals surface area contributed by atoms with Crippen molar-refractivity contribution in [3.05, 3.63) is 24.3 Å². The Labute approximate surface area is 49.9 Å². The molecule has 42 valence electrons. The van der Waals surface area contributed by atoms with Crippen molar-refractivity contribution in [3.8, 4) is 6.07 Å². The van der Waals surface area contributed by atoms with Crippen LogP contribution in [0.2, 0.25) is 0 Å². The molecule has 0 atom stereocenters. The number of hydrogen-bond donors (Lipinski definition) is 0. The first kappa shape index (κ1) is 6.97. The lowest BCUT2D eigenvalue weighted by molar-refractivity contribution is 1.35. The molecule has 0 radical (unpaired) electrons. The van der Waals surface area contributed by atoms with E-state index in [1.54, 1.807) is 0 Å². The summed E-state index contributed by atoms with van der Waals surface area (Å²) in [7, 11) is 0. The van der Waals surface area contributed by atoms with Crippen molar-refractivity contribution < 1.29 is 0 Å². The van der Waals surface area contributed by atoms with Crippen molar-refractivity contribution in [2.75, 3.05) is 0 Å². The molecule has 0 fully saturated rings. The maximum Gasteiger partial charge on any atom is 0.0663 e. The summed E-state index contributed by atoms with van der Waals surface area (Å²) in [5.74, 6) is 0. The Kier molecular flexibility index (Phi) is 5.20. The second kappa shape index (κ2) is 5.97. The van der Waals surface area contributed by atoms with Gasteiger partial charge in [0, 0.05) is 0 Å². The third-order valence-electron chi connectivity index (χ3n) is 0.649. The molecule has 0 aliphatic heterocycles. The van der Waals surface area contributed by atoms with E-state index in [9.17, 15) is 0 Å². The van der Waals surface area contributed by atoms with E-state index in [0.29, 0.717) is 6.42 Å². The quantitative estimate of drug-likeness (QED) is 0.495. The molecular weight excluding hydrogens is 98.1 g/mol. The van der Waals surface area contributed by atoms with Gasteiger partial charge < -0.3 is 0 Å². The smallest absolute Gasteiger partial charge is 0.0663 e. The minimum Gasteiger partial charge on any atom is -0.198 e. The maximum absolute atomic E-state index is 8.04.